The van der Waals surface area contributed by atoms with Crippen molar-refractivity contribution in [2.75, 3.05) is 16.8 Å². The van der Waals surface area contributed by atoms with E-state index in [1.807, 2.05) is 19.1 Å². The number of amides is 1. The molecule has 20 heavy (non-hydrogen) atoms. The second kappa shape index (κ2) is 8.01. The number of nitrogens with one attached hydrogen (secondary N) is 1. The van der Waals surface area contributed by atoms with Crippen LogP contribution in [0, 0.1) is 0 Å². The van der Waals surface area contributed by atoms with Crippen LogP contribution in [0.1, 0.15) is 31.7 Å². The molecule has 0 radical (unpaired) electrons. The molecule has 0 heterocycles. The van der Waals surface area contributed by atoms with Crippen LogP contribution in [0.2, 0.25) is 0 Å². The van der Waals surface area contributed by atoms with E-state index in [-0.39, 0.29) is 23.8 Å². The van der Waals surface area contributed by atoms with Crippen molar-refractivity contribution in [3.63, 3.8) is 0 Å². The molecule has 1 amide bonds. The van der Waals surface area contributed by atoms with Crippen LogP contribution in [0.5, 0.6) is 0 Å². The molecule has 1 rings (SSSR count). The first-order valence-corrected chi connectivity index (χ1v) is 8.58. The zero-order valence-electron chi connectivity index (χ0n) is 11.8. The van der Waals surface area contributed by atoms with Crippen molar-refractivity contribution >= 4 is 21.4 Å². The van der Waals surface area contributed by atoms with Gasteiger partial charge in [-0.1, -0.05) is 19.1 Å². The summed E-state index contributed by atoms with van der Waals surface area (Å²) in [7, 11) is -3.00. The third kappa shape index (κ3) is 6.16. The van der Waals surface area contributed by atoms with Crippen molar-refractivity contribution in [1.82, 2.24) is 0 Å². The van der Waals surface area contributed by atoms with Gasteiger partial charge in [-0.05, 0) is 30.5 Å². The maximum Gasteiger partial charge on any atom is 0.224 e. The van der Waals surface area contributed by atoms with E-state index in [1.165, 1.54) is 0 Å². The van der Waals surface area contributed by atoms with Gasteiger partial charge >= 0.3 is 0 Å². The summed E-state index contributed by atoms with van der Waals surface area (Å²) < 4.78 is 23.0. The molecule has 1 aromatic carbocycles. The monoisotopic (exact) mass is 298 g/mol. The average molecular weight is 298 g/mol. The fourth-order valence-electron chi connectivity index (χ4n) is 1.81. The molecular weight excluding hydrogens is 276 g/mol. The van der Waals surface area contributed by atoms with Crippen LogP contribution in [0.4, 0.5) is 5.69 Å². The Bertz CT molecular complexity index is 524. The predicted octanol–water partition coefficient (Wildman–Crippen LogP) is 1.69. The first-order chi connectivity index (χ1) is 9.46. The molecule has 6 heteroatoms. The van der Waals surface area contributed by atoms with Crippen LogP contribution in [-0.4, -0.2) is 25.8 Å². The Morgan fingerprint density at radius 1 is 1.20 bits per heavy atom. The summed E-state index contributed by atoms with van der Waals surface area (Å²) >= 11 is 0. The van der Waals surface area contributed by atoms with E-state index >= 15 is 0 Å². The second-order valence-electron chi connectivity index (χ2n) is 4.70. The molecule has 112 valence electrons. The maximum atomic E-state index is 11.7. The number of nitrogens with two attached hydrogens (primary N) is 1. The lowest BCUT2D eigenvalue weighted by molar-refractivity contribution is -0.116. The summed E-state index contributed by atoms with van der Waals surface area (Å²) in [5, 5.41) is 2.74. The van der Waals surface area contributed by atoms with Crippen molar-refractivity contribution in [3.05, 3.63) is 29.8 Å². The lowest BCUT2D eigenvalue weighted by Crippen LogP contribution is -2.15. The summed E-state index contributed by atoms with van der Waals surface area (Å²) in [6.07, 6.45) is 1.18. The molecular formula is C14H22N2O3S. The number of benzene rings is 1. The number of carbonyl (C=O) groups excluding carboxylic acids is 1. The molecule has 3 N–H and O–H groups in total. The standard InChI is InChI=1S/C14H22N2O3S/c1-2-9-20(18,19)10-3-4-14(17)16-13-7-5-12(11-15)6-8-13/h5-8H,2-4,9-11,15H2,1H3,(H,16,17). The van der Waals surface area contributed by atoms with Gasteiger partial charge in [-0.15, -0.1) is 0 Å². The minimum absolute atomic E-state index is 0.0698. The SMILES string of the molecule is CCCS(=O)(=O)CCCC(=O)Nc1ccc(CN)cc1. The van der Waals surface area contributed by atoms with Gasteiger partial charge in [-0.25, -0.2) is 8.42 Å². The molecule has 5 nitrogen and oxygen atoms in total. The van der Waals surface area contributed by atoms with Gasteiger partial charge in [0, 0.05) is 24.4 Å². The zero-order valence-corrected chi connectivity index (χ0v) is 12.6. The van der Waals surface area contributed by atoms with Crippen molar-refractivity contribution in [2.24, 2.45) is 5.73 Å². The molecule has 0 atom stereocenters. The first kappa shape index (κ1) is 16.7. The third-order valence-electron chi connectivity index (χ3n) is 2.85. The van der Waals surface area contributed by atoms with Crippen molar-refractivity contribution in [2.45, 2.75) is 32.7 Å². The number of anilines is 1. The minimum atomic E-state index is -3.00. The topological polar surface area (TPSA) is 89.3 Å². The van der Waals surface area contributed by atoms with Gasteiger partial charge in [-0.3, -0.25) is 4.79 Å². The molecule has 0 bridgehead atoms. The van der Waals surface area contributed by atoms with Gasteiger partial charge in [0.25, 0.3) is 0 Å². The Balaban J connectivity index is 2.36. The van der Waals surface area contributed by atoms with Gasteiger partial charge in [0.1, 0.15) is 9.84 Å². The van der Waals surface area contributed by atoms with Gasteiger partial charge in [0.05, 0.1) is 5.75 Å². The number of hydrogen-bond donors (Lipinski definition) is 2. The lowest BCUT2D eigenvalue weighted by Gasteiger charge is -2.06. The normalized spacial score (nSPS) is 11.3. The molecule has 0 saturated heterocycles. The fourth-order valence-corrected chi connectivity index (χ4v) is 3.22. The zero-order chi connectivity index (χ0) is 15.0. The largest absolute Gasteiger partial charge is 0.326 e. The highest BCUT2D eigenvalue weighted by Crippen LogP contribution is 2.10. The van der Waals surface area contributed by atoms with E-state index in [0.717, 1.165) is 5.56 Å². The molecule has 0 unspecified atom stereocenters. The van der Waals surface area contributed by atoms with Gasteiger partial charge in [-0.2, -0.15) is 0 Å². The van der Waals surface area contributed by atoms with Crippen LogP contribution in [0.15, 0.2) is 24.3 Å². The Morgan fingerprint density at radius 2 is 1.85 bits per heavy atom. The number of sulfone groups is 1. The van der Waals surface area contributed by atoms with Crippen LogP contribution in [0.3, 0.4) is 0 Å². The van der Waals surface area contributed by atoms with Crippen LogP contribution < -0.4 is 11.1 Å². The summed E-state index contributed by atoms with van der Waals surface area (Å²) in [6, 6.07) is 7.27. The number of rotatable bonds is 8. The molecule has 0 spiro atoms. The van der Waals surface area contributed by atoms with Crippen LogP contribution >= 0.6 is 0 Å². The number of hydrogen-bond acceptors (Lipinski definition) is 4. The van der Waals surface area contributed by atoms with Gasteiger partial charge < -0.3 is 11.1 Å². The van der Waals surface area contributed by atoms with Crippen LogP contribution in [0.25, 0.3) is 0 Å². The second-order valence-corrected chi connectivity index (χ2v) is 7.01. The fraction of sp³-hybridized carbons (Fsp3) is 0.500. The van der Waals surface area contributed by atoms with E-state index < -0.39 is 9.84 Å². The molecule has 0 fully saturated rings. The van der Waals surface area contributed by atoms with E-state index in [0.29, 0.717) is 25.1 Å². The molecule has 0 aliphatic carbocycles. The third-order valence-corrected chi connectivity index (χ3v) is 4.79. The van der Waals surface area contributed by atoms with E-state index in [1.54, 1.807) is 12.1 Å². The highest BCUT2D eigenvalue weighted by atomic mass is 32.2. The van der Waals surface area contributed by atoms with E-state index in [2.05, 4.69) is 5.32 Å². The Kier molecular flexibility index (Phi) is 6.67. The Hall–Kier alpha value is -1.40. The summed E-state index contributed by atoms with van der Waals surface area (Å²) in [4.78, 5) is 11.7. The van der Waals surface area contributed by atoms with Crippen molar-refractivity contribution in [3.8, 4) is 0 Å². The Labute approximate surface area is 120 Å². The van der Waals surface area contributed by atoms with Crippen molar-refractivity contribution < 1.29 is 13.2 Å². The number of carbonyl (C=O) groups is 1. The summed E-state index contributed by atoms with van der Waals surface area (Å²) in [6.45, 7) is 2.29. The highest BCUT2D eigenvalue weighted by Gasteiger charge is 2.10. The highest BCUT2D eigenvalue weighted by molar-refractivity contribution is 7.91. The molecule has 0 aromatic heterocycles. The Morgan fingerprint density at radius 3 is 2.40 bits per heavy atom. The van der Waals surface area contributed by atoms with Gasteiger partial charge in [0.2, 0.25) is 5.91 Å². The predicted molar refractivity (Wildman–Crippen MR) is 81.1 cm³/mol. The average Bonchev–Trinajstić information content (AvgIpc) is 2.39. The van der Waals surface area contributed by atoms with E-state index in [9.17, 15) is 13.2 Å². The van der Waals surface area contributed by atoms with Crippen LogP contribution in [-0.2, 0) is 21.2 Å². The quantitative estimate of drug-likeness (QED) is 0.764. The molecule has 1 aromatic rings. The molecule has 0 aliphatic rings. The van der Waals surface area contributed by atoms with Crippen molar-refractivity contribution in [1.29, 1.82) is 0 Å². The van der Waals surface area contributed by atoms with Gasteiger partial charge in [0.15, 0.2) is 0 Å². The first-order valence-electron chi connectivity index (χ1n) is 6.76. The minimum Gasteiger partial charge on any atom is -0.326 e. The smallest absolute Gasteiger partial charge is 0.224 e. The summed E-state index contributed by atoms with van der Waals surface area (Å²) in [5.74, 6) is 0.0902. The molecule has 0 aliphatic heterocycles. The lowest BCUT2D eigenvalue weighted by atomic mass is 10.2. The molecule has 0 saturated carbocycles. The summed E-state index contributed by atoms with van der Waals surface area (Å²) in [5.41, 5.74) is 7.18. The maximum absolute atomic E-state index is 11.7. The van der Waals surface area contributed by atoms with E-state index in [4.69, 9.17) is 5.73 Å².